The molecule has 0 N–H and O–H groups in total. The van der Waals surface area contributed by atoms with E-state index in [4.69, 9.17) is 4.43 Å². The van der Waals surface area contributed by atoms with Crippen LogP contribution in [0.5, 0.6) is 0 Å². The van der Waals surface area contributed by atoms with Gasteiger partial charge in [0.25, 0.3) is 0 Å². The van der Waals surface area contributed by atoms with E-state index in [1.807, 2.05) is 6.92 Å². The SMILES string of the molecule is CCCCCCCC[C@@H](CC(=O)SCC)O[Si](C)(C)C. The summed E-state index contributed by atoms with van der Waals surface area (Å²) >= 11 is 1.43. The van der Waals surface area contributed by atoms with Crippen molar-refractivity contribution < 1.29 is 9.22 Å². The quantitative estimate of drug-likeness (QED) is 0.345. The molecule has 0 aliphatic rings. The van der Waals surface area contributed by atoms with Crippen molar-refractivity contribution in [2.45, 2.75) is 91.0 Å². The van der Waals surface area contributed by atoms with Crippen molar-refractivity contribution in [2.75, 3.05) is 5.75 Å². The Bertz CT molecular complexity index is 251. The lowest BCUT2D eigenvalue weighted by Crippen LogP contribution is -2.33. The van der Waals surface area contributed by atoms with Gasteiger partial charge in [-0.15, -0.1) is 0 Å². The molecule has 2 nitrogen and oxygen atoms in total. The second kappa shape index (κ2) is 11.8. The van der Waals surface area contributed by atoms with Crippen LogP contribution in [0.3, 0.4) is 0 Å². The molecule has 0 aromatic heterocycles. The van der Waals surface area contributed by atoms with Gasteiger partial charge < -0.3 is 4.43 Å². The Labute approximate surface area is 131 Å². The summed E-state index contributed by atoms with van der Waals surface area (Å²) in [6.07, 6.45) is 9.59. The highest BCUT2D eigenvalue weighted by atomic mass is 32.2. The van der Waals surface area contributed by atoms with E-state index >= 15 is 0 Å². The lowest BCUT2D eigenvalue weighted by Gasteiger charge is -2.26. The van der Waals surface area contributed by atoms with Gasteiger partial charge in [-0.25, -0.2) is 0 Å². The molecule has 0 unspecified atom stereocenters. The van der Waals surface area contributed by atoms with E-state index in [1.165, 1.54) is 50.3 Å². The van der Waals surface area contributed by atoms with E-state index < -0.39 is 8.32 Å². The first kappa shape index (κ1) is 20.2. The second-order valence-electron chi connectivity index (χ2n) is 6.42. The van der Waals surface area contributed by atoms with E-state index in [2.05, 4.69) is 26.6 Å². The molecule has 0 rings (SSSR count). The molecule has 0 saturated heterocycles. The van der Waals surface area contributed by atoms with Gasteiger partial charge in [-0.2, -0.15) is 0 Å². The predicted octanol–water partition coefficient (Wildman–Crippen LogP) is 5.63. The molecule has 0 fully saturated rings. The standard InChI is InChI=1S/C16H34O2SSi/c1-6-8-9-10-11-12-13-15(18-20(3,4)5)14-16(17)19-7-2/h15H,6-14H2,1-5H3/t15-/m0/s1. The third kappa shape index (κ3) is 13.2. The molecule has 0 aliphatic heterocycles. The van der Waals surface area contributed by atoms with Crippen LogP contribution >= 0.6 is 11.8 Å². The van der Waals surface area contributed by atoms with E-state index in [9.17, 15) is 4.79 Å². The molecule has 0 aliphatic carbocycles. The average Bonchev–Trinajstić information content (AvgIpc) is 2.31. The van der Waals surface area contributed by atoms with E-state index in [1.54, 1.807) is 0 Å². The molecular formula is C16H34O2SSi. The first-order valence-corrected chi connectivity index (χ1v) is 12.6. The van der Waals surface area contributed by atoms with Gasteiger partial charge in [-0.1, -0.05) is 64.1 Å². The fourth-order valence-electron chi connectivity index (χ4n) is 2.26. The first-order valence-electron chi connectivity index (χ1n) is 8.22. The Morgan fingerprint density at radius 1 is 1.05 bits per heavy atom. The molecule has 20 heavy (non-hydrogen) atoms. The maximum Gasteiger partial charge on any atom is 0.191 e. The second-order valence-corrected chi connectivity index (χ2v) is 12.2. The molecule has 0 bridgehead atoms. The minimum absolute atomic E-state index is 0.152. The van der Waals surface area contributed by atoms with Crippen LogP contribution in [0.25, 0.3) is 0 Å². The topological polar surface area (TPSA) is 26.3 Å². The van der Waals surface area contributed by atoms with Crippen molar-refractivity contribution in [1.82, 2.24) is 0 Å². The number of unbranched alkanes of at least 4 members (excludes halogenated alkanes) is 5. The molecule has 4 heteroatoms. The molecule has 0 heterocycles. The molecule has 120 valence electrons. The summed E-state index contributed by atoms with van der Waals surface area (Å²) in [5.41, 5.74) is 0. The summed E-state index contributed by atoms with van der Waals surface area (Å²) in [4.78, 5) is 11.8. The number of rotatable bonds is 12. The number of hydrogen-bond donors (Lipinski definition) is 0. The van der Waals surface area contributed by atoms with Crippen LogP contribution in [0.2, 0.25) is 19.6 Å². The van der Waals surface area contributed by atoms with Crippen molar-refractivity contribution in [1.29, 1.82) is 0 Å². The largest absolute Gasteiger partial charge is 0.414 e. The summed E-state index contributed by atoms with van der Waals surface area (Å²) in [5.74, 6) is 0.871. The van der Waals surface area contributed by atoms with Gasteiger partial charge in [0.2, 0.25) is 0 Å². The Morgan fingerprint density at radius 2 is 1.65 bits per heavy atom. The van der Waals surface area contributed by atoms with Gasteiger partial charge in [0.1, 0.15) is 0 Å². The highest BCUT2D eigenvalue weighted by Crippen LogP contribution is 2.20. The van der Waals surface area contributed by atoms with Crippen LogP contribution in [0.1, 0.15) is 65.2 Å². The molecule has 0 aromatic rings. The van der Waals surface area contributed by atoms with Gasteiger partial charge in [0.15, 0.2) is 13.4 Å². The minimum atomic E-state index is -1.55. The van der Waals surface area contributed by atoms with Crippen LogP contribution in [-0.4, -0.2) is 25.3 Å². The monoisotopic (exact) mass is 318 g/mol. The summed E-state index contributed by atoms with van der Waals surface area (Å²) in [5, 5.41) is 0.293. The summed E-state index contributed by atoms with van der Waals surface area (Å²) in [7, 11) is -1.55. The maximum absolute atomic E-state index is 11.8. The number of thioether (sulfide) groups is 1. The molecule has 0 aromatic carbocycles. The fourth-order valence-corrected chi connectivity index (χ4v) is 4.09. The Balaban J connectivity index is 4.02. The summed E-state index contributed by atoms with van der Waals surface area (Å²) in [6.45, 7) is 10.9. The van der Waals surface area contributed by atoms with E-state index in [0.29, 0.717) is 11.5 Å². The minimum Gasteiger partial charge on any atom is -0.414 e. The summed E-state index contributed by atoms with van der Waals surface area (Å²) in [6, 6.07) is 0. The Hall–Kier alpha value is 0.197. The normalized spacial score (nSPS) is 13.4. The third-order valence-corrected chi connectivity index (χ3v) is 4.92. The zero-order valence-corrected chi connectivity index (χ0v) is 16.0. The van der Waals surface area contributed by atoms with Gasteiger partial charge in [-0.05, 0) is 31.8 Å². The van der Waals surface area contributed by atoms with Gasteiger partial charge in [0.05, 0.1) is 6.10 Å². The summed E-state index contributed by atoms with van der Waals surface area (Å²) < 4.78 is 6.19. The molecule has 0 saturated carbocycles. The van der Waals surface area contributed by atoms with Crippen LogP contribution in [0.4, 0.5) is 0 Å². The van der Waals surface area contributed by atoms with E-state index in [-0.39, 0.29) is 6.10 Å². The average molecular weight is 319 g/mol. The van der Waals surface area contributed by atoms with Gasteiger partial charge in [-0.3, -0.25) is 4.79 Å². The predicted molar refractivity (Wildman–Crippen MR) is 94.0 cm³/mol. The molecular weight excluding hydrogens is 284 g/mol. The van der Waals surface area contributed by atoms with Gasteiger partial charge in [0, 0.05) is 6.42 Å². The van der Waals surface area contributed by atoms with Gasteiger partial charge >= 0.3 is 0 Å². The molecule has 0 radical (unpaired) electrons. The van der Waals surface area contributed by atoms with Crippen molar-refractivity contribution in [3.63, 3.8) is 0 Å². The molecule has 0 amide bonds. The van der Waals surface area contributed by atoms with E-state index in [0.717, 1.165) is 12.2 Å². The lowest BCUT2D eigenvalue weighted by molar-refractivity contribution is -0.112. The maximum atomic E-state index is 11.8. The van der Waals surface area contributed by atoms with Crippen molar-refractivity contribution in [3.05, 3.63) is 0 Å². The first-order chi connectivity index (χ1) is 9.39. The fraction of sp³-hybridized carbons (Fsp3) is 0.938. The Kier molecular flexibility index (Phi) is 11.9. The van der Waals surface area contributed by atoms with Crippen LogP contribution < -0.4 is 0 Å². The van der Waals surface area contributed by atoms with Crippen LogP contribution in [0, 0.1) is 0 Å². The zero-order chi connectivity index (χ0) is 15.4. The lowest BCUT2D eigenvalue weighted by atomic mass is 10.1. The number of carbonyl (C=O) groups is 1. The molecule has 0 spiro atoms. The van der Waals surface area contributed by atoms with Crippen molar-refractivity contribution in [2.24, 2.45) is 0 Å². The third-order valence-electron chi connectivity index (χ3n) is 3.10. The Morgan fingerprint density at radius 3 is 2.20 bits per heavy atom. The molecule has 1 atom stereocenters. The number of carbonyl (C=O) groups excluding carboxylic acids is 1. The van der Waals surface area contributed by atoms with Crippen LogP contribution in [-0.2, 0) is 9.22 Å². The highest BCUT2D eigenvalue weighted by Gasteiger charge is 2.22. The smallest absolute Gasteiger partial charge is 0.191 e. The number of hydrogen-bond acceptors (Lipinski definition) is 3. The van der Waals surface area contributed by atoms with Crippen molar-refractivity contribution >= 4 is 25.2 Å². The van der Waals surface area contributed by atoms with Crippen molar-refractivity contribution in [3.8, 4) is 0 Å². The van der Waals surface area contributed by atoms with Crippen LogP contribution in [0.15, 0.2) is 0 Å². The zero-order valence-electron chi connectivity index (χ0n) is 14.2. The highest BCUT2D eigenvalue weighted by molar-refractivity contribution is 8.13.